The minimum atomic E-state index is -0.110. The summed E-state index contributed by atoms with van der Waals surface area (Å²) in [6.07, 6.45) is 0. The fourth-order valence-corrected chi connectivity index (χ4v) is 16.1. The van der Waals surface area contributed by atoms with Crippen molar-refractivity contribution in [3.05, 3.63) is 291 Å². The average Bonchev–Trinajstić information content (AvgIpc) is 1.18. The maximum absolute atomic E-state index is 2.58. The summed E-state index contributed by atoms with van der Waals surface area (Å²) in [7, 11) is 0. The Morgan fingerprint density at radius 2 is 0.595 bits per heavy atom. The van der Waals surface area contributed by atoms with Crippen LogP contribution in [0.2, 0.25) is 0 Å². The van der Waals surface area contributed by atoms with Crippen molar-refractivity contribution in [2.75, 3.05) is 9.80 Å². The molecule has 0 atom stereocenters. The predicted octanol–water partition coefficient (Wildman–Crippen LogP) is 20.3. The zero-order valence-corrected chi connectivity index (χ0v) is 47.1. The third kappa shape index (κ3) is 7.31. The van der Waals surface area contributed by atoms with E-state index >= 15 is 0 Å². The second-order valence-corrected chi connectivity index (χ2v) is 24.5. The van der Waals surface area contributed by atoms with E-state index in [4.69, 9.17) is 0 Å². The zero-order chi connectivity index (χ0) is 55.0. The number of aromatic nitrogens is 1. The molecule has 13 aromatic carbocycles. The van der Waals surface area contributed by atoms with Gasteiger partial charge in [-0.1, -0.05) is 194 Å². The molecule has 0 N–H and O–H groups in total. The summed E-state index contributed by atoms with van der Waals surface area (Å²) in [6, 6.07) is 109. The maximum atomic E-state index is 2.58. The van der Waals surface area contributed by atoms with Crippen molar-refractivity contribution in [2.45, 2.75) is 0 Å². The predicted molar refractivity (Wildman–Crippen MR) is 362 cm³/mol. The molecule has 0 bridgehead atoms. The minimum absolute atomic E-state index is 0.110. The van der Waals surface area contributed by atoms with Crippen LogP contribution in [0, 0.1) is 0 Å². The van der Waals surface area contributed by atoms with Gasteiger partial charge >= 0.3 is 0 Å². The molecule has 0 saturated heterocycles. The molecule has 2 aliphatic heterocycles. The van der Waals surface area contributed by atoms with E-state index in [0.29, 0.717) is 0 Å². The summed E-state index contributed by atoms with van der Waals surface area (Å²) in [5.74, 6) is 0. The topological polar surface area (TPSA) is 11.4 Å². The first-order valence-corrected chi connectivity index (χ1v) is 30.5. The lowest BCUT2D eigenvalue weighted by Crippen LogP contribution is -2.61. The number of thiophene rings is 2. The van der Waals surface area contributed by atoms with Gasteiger partial charge in [0.2, 0.25) is 0 Å². The summed E-state index contributed by atoms with van der Waals surface area (Å²) in [5, 5.41) is 7.66. The Morgan fingerprint density at radius 1 is 0.238 bits per heavy atom. The van der Waals surface area contributed by atoms with Gasteiger partial charge in [-0.15, -0.1) is 22.7 Å². The standard InChI is InChI=1S/C78H48BN3S2/c1-3-15-49(16-4-1)51-27-35-57(36-28-51)80-70-45-55(53-33-41-76-64(43-53)62-21-9-13-25-74(62)83-76)31-39-66(70)79-67-40-32-56(54-34-42-77-65(44-54)63-22-10-14-26-75(63)84-77)46-71(67)81(58-37-29-52(30-38-58)50-17-5-2-6-18-50)73-48-59(47-72(80)78(73)79)82-68-23-11-7-19-60(68)61-20-8-12-24-69(61)82/h1-48H. The van der Waals surface area contributed by atoms with Crippen LogP contribution < -0.4 is 26.2 Å². The van der Waals surface area contributed by atoms with E-state index in [0.717, 1.165) is 28.4 Å². The van der Waals surface area contributed by atoms with E-state index in [9.17, 15) is 0 Å². The van der Waals surface area contributed by atoms with Gasteiger partial charge in [0, 0.05) is 85.2 Å². The van der Waals surface area contributed by atoms with E-state index in [1.807, 2.05) is 22.7 Å². The molecule has 84 heavy (non-hydrogen) atoms. The largest absolute Gasteiger partial charge is 0.311 e. The van der Waals surface area contributed by atoms with E-state index < -0.39 is 0 Å². The van der Waals surface area contributed by atoms with Gasteiger partial charge < -0.3 is 14.4 Å². The van der Waals surface area contributed by atoms with Gasteiger partial charge in [0.1, 0.15) is 0 Å². The Bertz CT molecular complexity index is 5000. The van der Waals surface area contributed by atoms with Crippen LogP contribution in [0.3, 0.4) is 0 Å². The number of anilines is 6. The fraction of sp³-hybridized carbons (Fsp3) is 0. The van der Waals surface area contributed by atoms with Crippen LogP contribution in [0.25, 0.3) is 112 Å². The van der Waals surface area contributed by atoms with Crippen molar-refractivity contribution in [3.8, 4) is 50.2 Å². The van der Waals surface area contributed by atoms with Crippen molar-refractivity contribution >= 4 is 142 Å². The molecule has 18 rings (SSSR count). The first-order valence-electron chi connectivity index (χ1n) is 28.8. The summed E-state index contributed by atoms with van der Waals surface area (Å²) in [5.41, 5.74) is 23.6. The molecule has 16 aromatic rings. The van der Waals surface area contributed by atoms with Crippen molar-refractivity contribution in [1.82, 2.24) is 4.57 Å². The molecule has 0 unspecified atom stereocenters. The molecule has 3 aromatic heterocycles. The lowest BCUT2D eigenvalue weighted by Gasteiger charge is -2.44. The first kappa shape index (κ1) is 47.4. The zero-order valence-electron chi connectivity index (χ0n) is 45.4. The smallest absolute Gasteiger partial charge is 0.252 e. The molecular formula is C78H48BN3S2. The quantitative estimate of drug-likeness (QED) is 0.147. The molecule has 0 spiro atoms. The van der Waals surface area contributed by atoms with Crippen LogP contribution in [-0.4, -0.2) is 11.3 Å². The van der Waals surface area contributed by atoms with Crippen LogP contribution in [-0.2, 0) is 0 Å². The molecule has 2 aliphatic rings. The van der Waals surface area contributed by atoms with Gasteiger partial charge in [-0.25, -0.2) is 0 Å². The molecule has 390 valence electrons. The average molecular weight is 1100 g/mol. The number of rotatable bonds is 7. The fourth-order valence-electron chi connectivity index (χ4n) is 13.9. The summed E-state index contributed by atoms with van der Waals surface area (Å²) in [4.78, 5) is 5.16. The molecule has 5 heterocycles. The lowest BCUT2D eigenvalue weighted by atomic mass is 9.33. The third-order valence-corrected chi connectivity index (χ3v) is 20.1. The van der Waals surface area contributed by atoms with Gasteiger partial charge in [-0.3, -0.25) is 0 Å². The Balaban J connectivity index is 0.931. The van der Waals surface area contributed by atoms with Crippen LogP contribution >= 0.6 is 22.7 Å². The van der Waals surface area contributed by atoms with Crippen molar-refractivity contribution in [3.63, 3.8) is 0 Å². The molecule has 6 heteroatoms. The maximum Gasteiger partial charge on any atom is 0.252 e. The lowest BCUT2D eigenvalue weighted by molar-refractivity contribution is 1.16. The number of benzene rings is 13. The second-order valence-electron chi connectivity index (χ2n) is 22.4. The Morgan fingerprint density at radius 3 is 1.06 bits per heavy atom. The molecule has 3 nitrogen and oxygen atoms in total. The third-order valence-electron chi connectivity index (χ3n) is 17.8. The van der Waals surface area contributed by atoms with E-state index in [2.05, 4.69) is 306 Å². The molecule has 0 radical (unpaired) electrons. The SMILES string of the molecule is c1ccc(-c2ccc(N3c4cc(-c5ccc6sc7ccccc7c6c5)ccc4B4c5ccc(-c6ccc7sc8ccccc8c7c6)cc5N(c5ccc(-c6ccccc6)cc5)c5cc(-n6c7ccccc7c7ccccc76)cc3c54)cc2)cc1. The number of fused-ring (bicyclic) bond motifs is 13. The Hall–Kier alpha value is -10.2. The highest BCUT2D eigenvalue weighted by atomic mass is 32.1. The molecule has 0 amide bonds. The summed E-state index contributed by atoms with van der Waals surface area (Å²) >= 11 is 3.74. The van der Waals surface area contributed by atoms with Crippen molar-refractivity contribution in [2.24, 2.45) is 0 Å². The monoisotopic (exact) mass is 1100 g/mol. The van der Waals surface area contributed by atoms with Crippen LogP contribution in [0.4, 0.5) is 34.1 Å². The number of para-hydroxylation sites is 2. The number of nitrogens with zero attached hydrogens (tertiary/aromatic N) is 3. The van der Waals surface area contributed by atoms with E-state index in [-0.39, 0.29) is 6.71 Å². The van der Waals surface area contributed by atoms with Crippen LogP contribution in [0.1, 0.15) is 0 Å². The summed E-state index contributed by atoms with van der Waals surface area (Å²) in [6.45, 7) is -0.110. The minimum Gasteiger partial charge on any atom is -0.311 e. The Labute approximate surface area is 494 Å². The van der Waals surface area contributed by atoms with Crippen molar-refractivity contribution < 1.29 is 0 Å². The van der Waals surface area contributed by atoms with Gasteiger partial charge in [-0.2, -0.15) is 0 Å². The number of hydrogen-bond acceptors (Lipinski definition) is 4. The molecular weight excluding hydrogens is 1050 g/mol. The number of hydrogen-bond donors (Lipinski definition) is 0. The molecule has 0 fully saturated rings. The van der Waals surface area contributed by atoms with Crippen molar-refractivity contribution in [1.29, 1.82) is 0 Å². The second kappa shape index (κ2) is 18.6. The van der Waals surface area contributed by atoms with E-state index in [1.165, 1.54) is 134 Å². The summed E-state index contributed by atoms with van der Waals surface area (Å²) < 4.78 is 7.74. The first-order chi connectivity index (χ1) is 41.6. The van der Waals surface area contributed by atoms with Gasteiger partial charge in [0.15, 0.2) is 0 Å². The molecule has 0 aliphatic carbocycles. The highest BCUT2D eigenvalue weighted by molar-refractivity contribution is 7.26. The van der Waals surface area contributed by atoms with Gasteiger partial charge in [-0.05, 0) is 158 Å². The van der Waals surface area contributed by atoms with Crippen LogP contribution in [0.5, 0.6) is 0 Å². The highest BCUT2D eigenvalue weighted by Crippen LogP contribution is 2.49. The highest BCUT2D eigenvalue weighted by Gasteiger charge is 2.44. The van der Waals surface area contributed by atoms with Gasteiger partial charge in [0.25, 0.3) is 6.71 Å². The van der Waals surface area contributed by atoms with Gasteiger partial charge in [0.05, 0.1) is 16.7 Å². The Kier molecular flexibility index (Phi) is 10.5. The normalized spacial score (nSPS) is 12.7. The van der Waals surface area contributed by atoms with E-state index in [1.54, 1.807) is 0 Å². The molecule has 0 saturated carbocycles. The van der Waals surface area contributed by atoms with Crippen LogP contribution in [0.15, 0.2) is 291 Å².